The maximum Gasteiger partial charge on any atom is 0.233 e. The molecule has 1 aliphatic rings. The van der Waals surface area contributed by atoms with E-state index in [1.165, 1.54) is 25.0 Å². The van der Waals surface area contributed by atoms with Crippen LogP contribution in [0.4, 0.5) is 4.39 Å². The highest BCUT2D eigenvalue weighted by Gasteiger charge is 2.32. The Morgan fingerprint density at radius 1 is 1.30 bits per heavy atom. The lowest BCUT2D eigenvalue weighted by molar-refractivity contribution is -0.120. The Balaban J connectivity index is 1.87. The highest BCUT2D eigenvalue weighted by molar-refractivity contribution is 5.78. The average molecular weight is 278 g/mol. The summed E-state index contributed by atoms with van der Waals surface area (Å²) in [5.74, 6) is 0.818. The van der Waals surface area contributed by atoms with Crippen molar-refractivity contribution in [1.29, 1.82) is 0 Å². The van der Waals surface area contributed by atoms with Gasteiger partial charge >= 0.3 is 0 Å². The van der Waals surface area contributed by atoms with Crippen molar-refractivity contribution in [2.75, 3.05) is 13.1 Å². The second-order valence-corrected chi connectivity index (χ2v) is 5.95. The zero-order chi connectivity index (χ0) is 14.5. The predicted molar refractivity (Wildman–Crippen MR) is 77.7 cm³/mol. The molecule has 1 aromatic carbocycles. The highest BCUT2D eigenvalue weighted by atomic mass is 19.1. The van der Waals surface area contributed by atoms with Crippen LogP contribution in [-0.2, 0) is 4.79 Å². The summed E-state index contributed by atoms with van der Waals surface area (Å²) in [6.45, 7) is 5.15. The molecule has 1 aromatic rings. The molecule has 0 bridgehead atoms. The van der Waals surface area contributed by atoms with Crippen LogP contribution in [0.1, 0.15) is 38.3 Å². The number of hydrogen-bond acceptors (Lipinski definition) is 2. The summed E-state index contributed by atoms with van der Waals surface area (Å²) in [6.07, 6.45) is 2.34. The van der Waals surface area contributed by atoms with Crippen LogP contribution in [0.2, 0.25) is 0 Å². The summed E-state index contributed by atoms with van der Waals surface area (Å²) >= 11 is 0. The fourth-order valence-electron chi connectivity index (χ4n) is 2.24. The quantitative estimate of drug-likeness (QED) is 0.805. The van der Waals surface area contributed by atoms with Gasteiger partial charge in [-0.25, -0.2) is 4.39 Å². The van der Waals surface area contributed by atoms with Crippen molar-refractivity contribution >= 4 is 5.91 Å². The van der Waals surface area contributed by atoms with Crippen molar-refractivity contribution in [2.24, 2.45) is 11.8 Å². The van der Waals surface area contributed by atoms with Gasteiger partial charge in [0.2, 0.25) is 5.91 Å². The molecule has 0 radical (unpaired) electrons. The second-order valence-electron chi connectivity index (χ2n) is 5.95. The lowest BCUT2D eigenvalue weighted by Crippen LogP contribution is -2.37. The molecule has 0 aromatic heterocycles. The Morgan fingerprint density at radius 2 is 1.95 bits per heavy atom. The summed E-state index contributed by atoms with van der Waals surface area (Å²) in [5.41, 5.74) is 1.06. The zero-order valence-electron chi connectivity index (χ0n) is 12.2. The number of rotatable bonds is 7. The molecule has 4 heteroatoms. The topological polar surface area (TPSA) is 41.1 Å². The van der Waals surface area contributed by atoms with Crippen LogP contribution in [-0.4, -0.2) is 19.0 Å². The first-order valence-electron chi connectivity index (χ1n) is 7.32. The van der Waals surface area contributed by atoms with Crippen LogP contribution in [0.15, 0.2) is 24.3 Å². The summed E-state index contributed by atoms with van der Waals surface area (Å²) in [6, 6.07) is 6.71. The molecule has 0 saturated heterocycles. The first-order valence-corrected chi connectivity index (χ1v) is 7.32. The molecule has 1 atom stereocenters. The van der Waals surface area contributed by atoms with Crippen molar-refractivity contribution in [2.45, 2.75) is 32.7 Å². The minimum absolute atomic E-state index is 0.0199. The number of carbonyl (C=O) groups is 1. The Kier molecular flexibility index (Phi) is 5.12. The zero-order valence-corrected chi connectivity index (χ0v) is 12.2. The smallest absolute Gasteiger partial charge is 0.233 e. The lowest BCUT2D eigenvalue weighted by Gasteiger charge is -2.19. The fourth-order valence-corrected chi connectivity index (χ4v) is 2.24. The van der Waals surface area contributed by atoms with Gasteiger partial charge in [0.05, 0.1) is 6.54 Å². The molecular weight excluding hydrogens is 255 g/mol. The second kappa shape index (κ2) is 6.84. The minimum atomic E-state index is -0.224. The average Bonchev–Trinajstić information content (AvgIpc) is 3.23. The van der Waals surface area contributed by atoms with Crippen LogP contribution >= 0.6 is 0 Å². The third-order valence-electron chi connectivity index (χ3n) is 3.51. The van der Waals surface area contributed by atoms with Gasteiger partial charge in [-0.2, -0.15) is 0 Å². The molecule has 1 aliphatic carbocycles. The monoisotopic (exact) mass is 278 g/mol. The van der Waals surface area contributed by atoms with E-state index in [9.17, 15) is 9.18 Å². The molecule has 2 N–H and O–H groups in total. The van der Waals surface area contributed by atoms with Gasteiger partial charge < -0.3 is 10.6 Å². The summed E-state index contributed by atoms with van der Waals surface area (Å²) in [4.78, 5) is 11.7. The van der Waals surface area contributed by atoms with Crippen LogP contribution in [0.5, 0.6) is 0 Å². The molecule has 20 heavy (non-hydrogen) atoms. The van der Waals surface area contributed by atoms with Crippen molar-refractivity contribution in [3.05, 3.63) is 35.6 Å². The Labute approximate surface area is 120 Å². The van der Waals surface area contributed by atoms with E-state index in [1.807, 2.05) is 0 Å². The first-order chi connectivity index (χ1) is 9.56. The Bertz CT molecular complexity index is 440. The van der Waals surface area contributed by atoms with Gasteiger partial charge in [-0.3, -0.25) is 4.79 Å². The summed E-state index contributed by atoms with van der Waals surface area (Å²) in [7, 11) is 0. The molecule has 0 spiro atoms. The van der Waals surface area contributed by atoms with Gasteiger partial charge in [-0.05, 0) is 42.4 Å². The number of nitrogens with one attached hydrogen (secondary N) is 2. The number of carbonyl (C=O) groups excluding carboxylic acids is 1. The molecule has 0 heterocycles. The van der Waals surface area contributed by atoms with Crippen LogP contribution < -0.4 is 10.6 Å². The lowest BCUT2D eigenvalue weighted by atomic mass is 10.0. The number of amides is 1. The van der Waals surface area contributed by atoms with E-state index >= 15 is 0 Å². The first kappa shape index (κ1) is 15.0. The van der Waals surface area contributed by atoms with Gasteiger partial charge in [-0.15, -0.1) is 0 Å². The van der Waals surface area contributed by atoms with E-state index < -0.39 is 0 Å². The van der Waals surface area contributed by atoms with Gasteiger partial charge in [0.1, 0.15) is 5.82 Å². The van der Waals surface area contributed by atoms with E-state index in [-0.39, 0.29) is 17.8 Å². The van der Waals surface area contributed by atoms with E-state index in [0.717, 1.165) is 5.56 Å². The van der Waals surface area contributed by atoms with Crippen molar-refractivity contribution in [1.82, 2.24) is 10.6 Å². The third kappa shape index (κ3) is 4.60. The SMILES string of the molecule is CC(C)CNC(=O)CNC(c1ccc(F)cc1)C1CC1. The van der Waals surface area contributed by atoms with Crippen LogP contribution in [0, 0.1) is 17.7 Å². The van der Waals surface area contributed by atoms with Crippen molar-refractivity contribution < 1.29 is 9.18 Å². The number of benzene rings is 1. The van der Waals surface area contributed by atoms with Crippen LogP contribution in [0.25, 0.3) is 0 Å². The molecule has 1 unspecified atom stereocenters. The van der Waals surface area contributed by atoms with Gasteiger partial charge in [0, 0.05) is 12.6 Å². The van der Waals surface area contributed by atoms with E-state index in [4.69, 9.17) is 0 Å². The molecule has 2 rings (SSSR count). The summed E-state index contributed by atoms with van der Waals surface area (Å²) in [5, 5.41) is 6.20. The van der Waals surface area contributed by atoms with Crippen molar-refractivity contribution in [3.8, 4) is 0 Å². The maximum absolute atomic E-state index is 13.0. The third-order valence-corrected chi connectivity index (χ3v) is 3.51. The normalized spacial score (nSPS) is 16.2. The molecule has 1 saturated carbocycles. The van der Waals surface area contributed by atoms with Gasteiger partial charge in [0.15, 0.2) is 0 Å². The molecule has 110 valence electrons. The predicted octanol–water partition coefficient (Wildman–Crippen LogP) is 2.64. The fraction of sp³-hybridized carbons (Fsp3) is 0.562. The molecule has 1 fully saturated rings. The molecular formula is C16H23FN2O. The molecule has 1 amide bonds. The molecule has 0 aliphatic heterocycles. The minimum Gasteiger partial charge on any atom is -0.355 e. The largest absolute Gasteiger partial charge is 0.355 e. The van der Waals surface area contributed by atoms with Gasteiger partial charge in [-0.1, -0.05) is 26.0 Å². The van der Waals surface area contributed by atoms with Gasteiger partial charge in [0.25, 0.3) is 0 Å². The van der Waals surface area contributed by atoms with E-state index in [2.05, 4.69) is 24.5 Å². The highest BCUT2D eigenvalue weighted by Crippen LogP contribution is 2.40. The van der Waals surface area contributed by atoms with E-state index in [1.54, 1.807) is 12.1 Å². The Morgan fingerprint density at radius 3 is 2.50 bits per heavy atom. The molecule has 3 nitrogen and oxygen atoms in total. The number of hydrogen-bond donors (Lipinski definition) is 2. The maximum atomic E-state index is 13.0. The summed E-state index contributed by atoms with van der Waals surface area (Å²) < 4.78 is 13.0. The van der Waals surface area contributed by atoms with Crippen LogP contribution in [0.3, 0.4) is 0 Å². The van der Waals surface area contributed by atoms with Crippen molar-refractivity contribution in [3.63, 3.8) is 0 Å². The standard InChI is InChI=1S/C16H23FN2O/c1-11(2)9-18-15(20)10-19-16(12-3-4-12)13-5-7-14(17)8-6-13/h5-8,11-12,16,19H,3-4,9-10H2,1-2H3,(H,18,20). The van der Waals surface area contributed by atoms with E-state index in [0.29, 0.717) is 24.9 Å². The number of halogens is 1. The Hall–Kier alpha value is -1.42.